The third-order valence-electron chi connectivity index (χ3n) is 4.90. The SMILES string of the molecule is CC(=O)Nc1ccc(CN2CCC([C@@H](O)c3ccccc3)CC2)cc1. The smallest absolute Gasteiger partial charge is 0.221 e. The van der Waals surface area contributed by atoms with Crippen LogP contribution in [0.15, 0.2) is 54.6 Å². The molecule has 0 radical (unpaired) electrons. The van der Waals surface area contributed by atoms with E-state index in [0.29, 0.717) is 5.92 Å². The highest BCUT2D eigenvalue weighted by Crippen LogP contribution is 2.31. The van der Waals surface area contributed by atoms with E-state index >= 15 is 0 Å². The minimum absolute atomic E-state index is 0.0493. The number of amides is 1. The van der Waals surface area contributed by atoms with Gasteiger partial charge < -0.3 is 10.4 Å². The summed E-state index contributed by atoms with van der Waals surface area (Å²) in [5.74, 6) is 0.285. The lowest BCUT2D eigenvalue weighted by molar-refractivity contribution is -0.114. The van der Waals surface area contributed by atoms with Gasteiger partial charge in [0.15, 0.2) is 0 Å². The molecule has 0 bridgehead atoms. The van der Waals surface area contributed by atoms with E-state index in [2.05, 4.69) is 22.3 Å². The van der Waals surface area contributed by atoms with Crippen molar-refractivity contribution in [3.8, 4) is 0 Å². The zero-order valence-corrected chi connectivity index (χ0v) is 14.7. The second-order valence-corrected chi connectivity index (χ2v) is 6.85. The van der Waals surface area contributed by atoms with E-state index in [1.807, 2.05) is 42.5 Å². The maximum absolute atomic E-state index is 11.1. The number of anilines is 1. The first-order chi connectivity index (χ1) is 12.1. The van der Waals surface area contributed by atoms with Gasteiger partial charge in [-0.2, -0.15) is 0 Å². The van der Waals surface area contributed by atoms with Gasteiger partial charge in [0.25, 0.3) is 0 Å². The Hall–Kier alpha value is -2.17. The summed E-state index contributed by atoms with van der Waals surface area (Å²) in [6, 6.07) is 18.0. The maximum Gasteiger partial charge on any atom is 0.221 e. The number of benzene rings is 2. The van der Waals surface area contributed by atoms with Crippen molar-refractivity contribution in [3.63, 3.8) is 0 Å². The summed E-state index contributed by atoms with van der Waals surface area (Å²) in [5, 5.41) is 13.4. The molecular weight excluding hydrogens is 312 g/mol. The molecule has 1 atom stereocenters. The van der Waals surface area contributed by atoms with Gasteiger partial charge in [0, 0.05) is 19.2 Å². The standard InChI is InChI=1S/C21H26N2O2/c1-16(24)22-20-9-7-17(8-10-20)15-23-13-11-19(12-14-23)21(25)18-5-3-2-4-6-18/h2-10,19,21,25H,11-15H2,1H3,(H,22,24)/t21-/m0/s1. The number of hydrogen-bond donors (Lipinski definition) is 2. The van der Waals surface area contributed by atoms with Crippen LogP contribution in [-0.4, -0.2) is 29.0 Å². The lowest BCUT2D eigenvalue weighted by Gasteiger charge is -2.34. The Bertz CT molecular complexity index is 677. The number of likely N-dealkylation sites (tertiary alicyclic amines) is 1. The van der Waals surface area contributed by atoms with Crippen LogP contribution in [0.25, 0.3) is 0 Å². The fourth-order valence-electron chi connectivity index (χ4n) is 3.50. The van der Waals surface area contributed by atoms with Crippen LogP contribution in [0.1, 0.15) is 37.0 Å². The normalized spacial score (nSPS) is 17.2. The number of hydrogen-bond acceptors (Lipinski definition) is 3. The molecule has 4 heteroatoms. The van der Waals surface area contributed by atoms with Gasteiger partial charge in [-0.25, -0.2) is 0 Å². The molecule has 1 heterocycles. The van der Waals surface area contributed by atoms with Gasteiger partial charge >= 0.3 is 0 Å². The molecule has 0 saturated carbocycles. The minimum Gasteiger partial charge on any atom is -0.388 e. The summed E-state index contributed by atoms with van der Waals surface area (Å²) in [6.07, 6.45) is 1.67. The Morgan fingerprint density at radius 3 is 2.36 bits per heavy atom. The number of aliphatic hydroxyl groups is 1. The Morgan fingerprint density at radius 2 is 1.76 bits per heavy atom. The van der Waals surface area contributed by atoms with Gasteiger partial charge in [0.2, 0.25) is 5.91 Å². The quantitative estimate of drug-likeness (QED) is 0.876. The van der Waals surface area contributed by atoms with Crippen molar-refractivity contribution >= 4 is 11.6 Å². The molecule has 25 heavy (non-hydrogen) atoms. The summed E-state index contributed by atoms with van der Waals surface area (Å²) in [4.78, 5) is 13.5. The molecule has 1 aliphatic rings. The summed E-state index contributed by atoms with van der Waals surface area (Å²) >= 11 is 0. The Kier molecular flexibility index (Phi) is 5.84. The molecule has 3 rings (SSSR count). The molecule has 0 unspecified atom stereocenters. The van der Waals surface area contributed by atoms with Crippen LogP contribution >= 0.6 is 0 Å². The molecule has 1 amide bonds. The van der Waals surface area contributed by atoms with E-state index in [4.69, 9.17) is 0 Å². The zero-order valence-electron chi connectivity index (χ0n) is 14.7. The van der Waals surface area contributed by atoms with Crippen LogP contribution in [0.3, 0.4) is 0 Å². The van der Waals surface area contributed by atoms with Crippen molar-refractivity contribution in [1.29, 1.82) is 0 Å². The molecule has 2 N–H and O–H groups in total. The summed E-state index contributed by atoms with van der Waals surface area (Å²) in [7, 11) is 0. The first kappa shape index (κ1) is 17.6. The number of carbonyl (C=O) groups excluding carboxylic acids is 1. The van der Waals surface area contributed by atoms with Crippen LogP contribution in [0, 0.1) is 5.92 Å². The molecule has 1 saturated heterocycles. The van der Waals surface area contributed by atoms with Crippen molar-refractivity contribution in [3.05, 3.63) is 65.7 Å². The predicted molar refractivity (Wildman–Crippen MR) is 100 cm³/mol. The van der Waals surface area contributed by atoms with E-state index in [1.165, 1.54) is 12.5 Å². The van der Waals surface area contributed by atoms with E-state index in [-0.39, 0.29) is 12.0 Å². The Balaban J connectivity index is 1.50. The Labute approximate surface area is 149 Å². The molecule has 0 aromatic heterocycles. The molecule has 0 aliphatic carbocycles. The number of carbonyl (C=O) groups is 1. The highest BCUT2D eigenvalue weighted by atomic mass is 16.3. The highest BCUT2D eigenvalue weighted by Gasteiger charge is 2.26. The first-order valence-electron chi connectivity index (χ1n) is 8.94. The molecule has 1 fully saturated rings. The summed E-state index contributed by atoms with van der Waals surface area (Å²) in [5.41, 5.74) is 3.10. The van der Waals surface area contributed by atoms with Gasteiger partial charge in [-0.15, -0.1) is 0 Å². The Morgan fingerprint density at radius 1 is 1.12 bits per heavy atom. The van der Waals surface area contributed by atoms with Crippen molar-refractivity contribution in [2.24, 2.45) is 5.92 Å². The third-order valence-corrected chi connectivity index (χ3v) is 4.90. The van der Waals surface area contributed by atoms with Gasteiger partial charge in [-0.1, -0.05) is 42.5 Å². The van der Waals surface area contributed by atoms with E-state index < -0.39 is 0 Å². The number of piperidine rings is 1. The van der Waals surface area contributed by atoms with Crippen molar-refractivity contribution < 1.29 is 9.90 Å². The topological polar surface area (TPSA) is 52.6 Å². The minimum atomic E-state index is -0.361. The summed E-state index contributed by atoms with van der Waals surface area (Å²) in [6.45, 7) is 4.43. The van der Waals surface area contributed by atoms with Crippen molar-refractivity contribution in [2.45, 2.75) is 32.4 Å². The first-order valence-corrected chi connectivity index (χ1v) is 8.94. The van der Waals surface area contributed by atoms with E-state index in [1.54, 1.807) is 0 Å². The van der Waals surface area contributed by atoms with Gasteiger partial charge in [-0.05, 0) is 55.1 Å². The molecule has 0 spiro atoms. The maximum atomic E-state index is 11.1. The summed E-state index contributed by atoms with van der Waals surface area (Å²) < 4.78 is 0. The second-order valence-electron chi connectivity index (χ2n) is 6.85. The number of aliphatic hydroxyl groups excluding tert-OH is 1. The van der Waals surface area contributed by atoms with Crippen molar-refractivity contribution in [1.82, 2.24) is 4.90 Å². The average Bonchev–Trinajstić information content (AvgIpc) is 2.64. The lowest BCUT2D eigenvalue weighted by atomic mass is 9.87. The number of rotatable bonds is 5. The second kappa shape index (κ2) is 8.28. The fraction of sp³-hybridized carbons (Fsp3) is 0.381. The molecule has 132 valence electrons. The van der Waals surface area contributed by atoms with E-state index in [9.17, 15) is 9.90 Å². The molecule has 2 aromatic carbocycles. The third kappa shape index (κ3) is 4.91. The van der Waals surface area contributed by atoms with Crippen LogP contribution in [-0.2, 0) is 11.3 Å². The van der Waals surface area contributed by atoms with Crippen LogP contribution < -0.4 is 5.32 Å². The fourth-order valence-corrected chi connectivity index (χ4v) is 3.50. The zero-order chi connectivity index (χ0) is 17.6. The predicted octanol–water partition coefficient (Wildman–Crippen LogP) is 3.59. The lowest BCUT2D eigenvalue weighted by Crippen LogP contribution is -2.35. The molecular formula is C21H26N2O2. The van der Waals surface area contributed by atoms with Crippen LogP contribution in [0.5, 0.6) is 0 Å². The van der Waals surface area contributed by atoms with Crippen molar-refractivity contribution in [2.75, 3.05) is 18.4 Å². The largest absolute Gasteiger partial charge is 0.388 e. The molecule has 2 aromatic rings. The average molecular weight is 338 g/mol. The number of nitrogens with one attached hydrogen (secondary N) is 1. The monoisotopic (exact) mass is 338 g/mol. The van der Waals surface area contributed by atoms with E-state index in [0.717, 1.165) is 43.7 Å². The number of nitrogens with zero attached hydrogens (tertiary/aromatic N) is 1. The molecule has 1 aliphatic heterocycles. The van der Waals surface area contributed by atoms with Crippen LogP contribution in [0.2, 0.25) is 0 Å². The van der Waals surface area contributed by atoms with Gasteiger partial charge in [-0.3, -0.25) is 9.69 Å². The van der Waals surface area contributed by atoms with Crippen LogP contribution in [0.4, 0.5) is 5.69 Å². The van der Waals surface area contributed by atoms with Gasteiger partial charge in [0.1, 0.15) is 0 Å². The molecule has 4 nitrogen and oxygen atoms in total. The highest BCUT2D eigenvalue weighted by molar-refractivity contribution is 5.88. The van der Waals surface area contributed by atoms with Gasteiger partial charge in [0.05, 0.1) is 6.10 Å².